The third kappa shape index (κ3) is 3.95. The number of nitrogens with one attached hydrogen (secondary N) is 1. The van der Waals surface area contributed by atoms with Gasteiger partial charge in [0.15, 0.2) is 0 Å². The molecule has 0 aromatic carbocycles. The maximum atomic E-state index is 12.3. The Hall–Kier alpha value is -0.570. The molecule has 110 valence electrons. The van der Waals surface area contributed by atoms with E-state index in [4.69, 9.17) is 5.73 Å². The first-order valence-electron chi connectivity index (χ1n) is 8.00. The average Bonchev–Trinajstić information content (AvgIpc) is 2.32. The van der Waals surface area contributed by atoms with Crippen LogP contribution in [0.1, 0.15) is 78.1 Å². The van der Waals surface area contributed by atoms with Crippen LogP contribution in [0.25, 0.3) is 0 Å². The molecule has 19 heavy (non-hydrogen) atoms. The summed E-state index contributed by atoms with van der Waals surface area (Å²) in [5.74, 6) is 0.171. The first-order valence-corrected chi connectivity index (χ1v) is 8.00. The van der Waals surface area contributed by atoms with E-state index in [-0.39, 0.29) is 16.9 Å². The van der Waals surface area contributed by atoms with Gasteiger partial charge in [0.1, 0.15) is 0 Å². The lowest BCUT2D eigenvalue weighted by molar-refractivity contribution is -0.124. The lowest BCUT2D eigenvalue weighted by Crippen LogP contribution is -2.51. The molecule has 0 aliphatic heterocycles. The van der Waals surface area contributed by atoms with Crippen LogP contribution in [0.2, 0.25) is 0 Å². The second-order valence-corrected chi connectivity index (χ2v) is 7.45. The highest BCUT2D eigenvalue weighted by atomic mass is 16.1. The van der Waals surface area contributed by atoms with Gasteiger partial charge in [0.25, 0.3) is 0 Å². The summed E-state index contributed by atoms with van der Waals surface area (Å²) in [4.78, 5) is 12.3. The lowest BCUT2D eigenvalue weighted by atomic mass is 9.73. The fraction of sp³-hybridized carbons (Fsp3) is 0.938. The highest BCUT2D eigenvalue weighted by Gasteiger charge is 2.35. The highest BCUT2D eigenvalue weighted by Crippen LogP contribution is 2.36. The van der Waals surface area contributed by atoms with Crippen LogP contribution in [0.3, 0.4) is 0 Å². The van der Waals surface area contributed by atoms with Crippen molar-refractivity contribution in [1.29, 1.82) is 0 Å². The fourth-order valence-electron chi connectivity index (χ4n) is 3.76. The van der Waals surface area contributed by atoms with Gasteiger partial charge in [-0.2, -0.15) is 0 Å². The van der Waals surface area contributed by atoms with Gasteiger partial charge in [-0.15, -0.1) is 0 Å². The van der Waals surface area contributed by atoms with Gasteiger partial charge >= 0.3 is 0 Å². The van der Waals surface area contributed by atoms with E-state index in [2.05, 4.69) is 19.2 Å². The quantitative estimate of drug-likeness (QED) is 0.824. The SMILES string of the molecule is CC1(C)CCCCC1NC(=O)CC1(N)CCCCC1. The molecule has 0 saturated heterocycles. The van der Waals surface area contributed by atoms with Gasteiger partial charge in [-0.05, 0) is 31.1 Å². The van der Waals surface area contributed by atoms with E-state index in [0.29, 0.717) is 12.5 Å². The normalized spacial score (nSPS) is 29.7. The molecule has 2 saturated carbocycles. The molecule has 1 amide bonds. The first-order chi connectivity index (χ1) is 8.91. The van der Waals surface area contributed by atoms with E-state index in [0.717, 1.165) is 19.3 Å². The van der Waals surface area contributed by atoms with Gasteiger partial charge in [0, 0.05) is 18.0 Å². The smallest absolute Gasteiger partial charge is 0.222 e. The Labute approximate surface area is 117 Å². The average molecular weight is 266 g/mol. The first kappa shape index (κ1) is 14.8. The van der Waals surface area contributed by atoms with Crippen molar-refractivity contribution >= 4 is 5.91 Å². The molecule has 3 heteroatoms. The summed E-state index contributed by atoms with van der Waals surface area (Å²) in [6.45, 7) is 4.55. The number of carbonyl (C=O) groups is 1. The molecule has 2 aliphatic carbocycles. The molecule has 0 spiro atoms. The van der Waals surface area contributed by atoms with Crippen LogP contribution in [0, 0.1) is 5.41 Å². The standard InChI is InChI=1S/C16H30N2O/c1-15(2)9-7-4-8-13(15)18-14(19)12-16(17)10-5-3-6-11-16/h13H,3-12,17H2,1-2H3,(H,18,19). The Morgan fingerprint density at radius 3 is 2.37 bits per heavy atom. The van der Waals surface area contributed by atoms with Crippen LogP contribution in [0.5, 0.6) is 0 Å². The topological polar surface area (TPSA) is 55.1 Å². The molecule has 0 aromatic heterocycles. The number of hydrogen-bond acceptors (Lipinski definition) is 2. The molecule has 2 aliphatic rings. The second kappa shape index (κ2) is 5.82. The molecule has 2 rings (SSSR count). The zero-order valence-corrected chi connectivity index (χ0v) is 12.6. The van der Waals surface area contributed by atoms with Crippen molar-refractivity contribution in [2.75, 3.05) is 0 Å². The van der Waals surface area contributed by atoms with E-state index < -0.39 is 0 Å². The Morgan fingerprint density at radius 1 is 1.11 bits per heavy atom. The summed E-state index contributed by atoms with van der Waals surface area (Å²) in [6, 6.07) is 0.334. The Bertz CT molecular complexity index is 319. The summed E-state index contributed by atoms with van der Waals surface area (Å²) in [7, 11) is 0. The zero-order chi connectivity index (χ0) is 13.9. The van der Waals surface area contributed by atoms with Gasteiger partial charge in [-0.3, -0.25) is 4.79 Å². The van der Waals surface area contributed by atoms with Gasteiger partial charge in [-0.25, -0.2) is 0 Å². The van der Waals surface area contributed by atoms with Gasteiger partial charge in [-0.1, -0.05) is 46.0 Å². The maximum absolute atomic E-state index is 12.3. The van der Waals surface area contributed by atoms with Crippen molar-refractivity contribution in [1.82, 2.24) is 5.32 Å². The molecule has 1 unspecified atom stereocenters. The molecule has 1 atom stereocenters. The largest absolute Gasteiger partial charge is 0.353 e. The number of nitrogens with two attached hydrogens (primary N) is 1. The van der Waals surface area contributed by atoms with Crippen molar-refractivity contribution < 1.29 is 4.79 Å². The monoisotopic (exact) mass is 266 g/mol. The molecule has 3 N–H and O–H groups in total. The van der Waals surface area contributed by atoms with E-state index >= 15 is 0 Å². The van der Waals surface area contributed by atoms with Crippen LogP contribution in [-0.2, 0) is 4.79 Å². The molecular weight excluding hydrogens is 236 g/mol. The van der Waals surface area contributed by atoms with Gasteiger partial charge < -0.3 is 11.1 Å². The minimum absolute atomic E-state index is 0.171. The lowest BCUT2D eigenvalue weighted by Gasteiger charge is -2.40. The van der Waals surface area contributed by atoms with Crippen LogP contribution in [0.15, 0.2) is 0 Å². The summed E-state index contributed by atoms with van der Waals surface area (Å²) >= 11 is 0. The van der Waals surface area contributed by atoms with Crippen molar-refractivity contribution in [3.8, 4) is 0 Å². The molecule has 0 radical (unpaired) electrons. The van der Waals surface area contributed by atoms with Crippen LogP contribution in [0.4, 0.5) is 0 Å². The summed E-state index contributed by atoms with van der Waals surface area (Å²) in [5, 5.41) is 3.26. The predicted octanol–water partition coefficient (Wildman–Crippen LogP) is 3.12. The van der Waals surface area contributed by atoms with Crippen LogP contribution in [-0.4, -0.2) is 17.5 Å². The Morgan fingerprint density at radius 2 is 1.74 bits per heavy atom. The predicted molar refractivity (Wildman–Crippen MR) is 78.8 cm³/mol. The molecule has 3 nitrogen and oxygen atoms in total. The minimum Gasteiger partial charge on any atom is -0.353 e. The number of rotatable bonds is 3. The fourth-order valence-corrected chi connectivity index (χ4v) is 3.76. The van der Waals surface area contributed by atoms with Gasteiger partial charge in [0.2, 0.25) is 5.91 Å². The second-order valence-electron chi connectivity index (χ2n) is 7.45. The third-order valence-corrected chi connectivity index (χ3v) is 5.20. The van der Waals surface area contributed by atoms with E-state index in [9.17, 15) is 4.79 Å². The maximum Gasteiger partial charge on any atom is 0.222 e. The van der Waals surface area contributed by atoms with Crippen molar-refractivity contribution in [2.45, 2.75) is 89.6 Å². The van der Waals surface area contributed by atoms with E-state index in [1.54, 1.807) is 0 Å². The molecule has 2 fully saturated rings. The molecule has 0 aromatic rings. The van der Waals surface area contributed by atoms with Crippen LogP contribution >= 0.6 is 0 Å². The zero-order valence-electron chi connectivity index (χ0n) is 12.6. The molecular formula is C16H30N2O. The number of carbonyl (C=O) groups excluding carboxylic acids is 1. The van der Waals surface area contributed by atoms with Crippen molar-refractivity contribution in [3.05, 3.63) is 0 Å². The number of hydrogen-bond donors (Lipinski definition) is 2. The van der Waals surface area contributed by atoms with Gasteiger partial charge in [0.05, 0.1) is 0 Å². The molecule has 0 bridgehead atoms. The minimum atomic E-state index is -0.235. The van der Waals surface area contributed by atoms with E-state index in [1.165, 1.54) is 38.5 Å². The van der Waals surface area contributed by atoms with Crippen LogP contribution < -0.4 is 11.1 Å². The van der Waals surface area contributed by atoms with Crippen molar-refractivity contribution in [3.63, 3.8) is 0 Å². The molecule has 0 heterocycles. The highest BCUT2D eigenvalue weighted by molar-refractivity contribution is 5.77. The third-order valence-electron chi connectivity index (χ3n) is 5.20. The Balaban J connectivity index is 1.86. The number of amides is 1. The van der Waals surface area contributed by atoms with E-state index in [1.807, 2.05) is 0 Å². The summed E-state index contributed by atoms with van der Waals surface area (Å²) in [5.41, 5.74) is 6.38. The summed E-state index contributed by atoms with van der Waals surface area (Å²) < 4.78 is 0. The Kier molecular flexibility index (Phi) is 4.54. The van der Waals surface area contributed by atoms with Crippen molar-refractivity contribution in [2.24, 2.45) is 11.1 Å². The summed E-state index contributed by atoms with van der Waals surface area (Å²) in [6.07, 6.45) is 11.0.